The van der Waals surface area contributed by atoms with Crippen LogP contribution in [-0.4, -0.2) is 86.6 Å². The standard InChI is InChI=1S/C27H29NO6.C22H23NO7S/c1-27(2,3)34-25(29)24(17-31-15-18-9-8-14-32-18)28-26(30)33-16-23-21-12-6-4-10-19(21)20-11-5-7-13-22(20)23;1-22(2,3)30-20(24)19-13-29-31(26,27)23(19)21(25)28-12-18-16-10-6-4-8-14(16)15-9-5-7-11-17(15)18/h4-14,23-24H,15-17H2,1-3H3,(H,28,30);4-11,18-19H,12-13H2,1-3H3/t24-;19-/m00/s1. The third kappa shape index (κ3) is 11.1. The van der Waals surface area contributed by atoms with E-state index >= 15 is 0 Å². The second-order valence-corrected chi connectivity index (χ2v) is 19.0. The van der Waals surface area contributed by atoms with Crippen LogP contribution in [0.1, 0.15) is 81.4 Å². The van der Waals surface area contributed by atoms with Gasteiger partial charge in [-0.3, -0.25) is 4.18 Å². The van der Waals surface area contributed by atoms with E-state index in [1.54, 1.807) is 59.9 Å². The highest BCUT2D eigenvalue weighted by molar-refractivity contribution is 7.85. The fourth-order valence-electron chi connectivity index (χ4n) is 7.84. The van der Waals surface area contributed by atoms with Crippen molar-refractivity contribution in [2.75, 3.05) is 26.4 Å². The van der Waals surface area contributed by atoms with Gasteiger partial charge >= 0.3 is 34.4 Å². The second kappa shape index (κ2) is 19.3. The van der Waals surface area contributed by atoms with Crippen molar-refractivity contribution < 1.29 is 59.9 Å². The number of hydrogen-bond acceptors (Lipinski definition) is 13. The lowest BCUT2D eigenvalue weighted by Crippen LogP contribution is -2.47. The van der Waals surface area contributed by atoms with Crippen LogP contribution in [0.15, 0.2) is 120 Å². The van der Waals surface area contributed by atoms with Crippen molar-refractivity contribution in [3.05, 3.63) is 143 Å². The Bertz CT molecular complexity index is 2540. The molecule has 1 N–H and O–H groups in total. The third-order valence-electron chi connectivity index (χ3n) is 10.5. The van der Waals surface area contributed by atoms with E-state index < -0.39 is 64.3 Å². The lowest BCUT2D eigenvalue weighted by molar-refractivity contribution is -0.160. The van der Waals surface area contributed by atoms with Gasteiger partial charge in [0.15, 0.2) is 12.1 Å². The molecule has 0 spiro atoms. The minimum Gasteiger partial charge on any atom is -0.467 e. The van der Waals surface area contributed by atoms with E-state index in [4.69, 9.17) is 32.3 Å². The van der Waals surface area contributed by atoms with Crippen molar-refractivity contribution in [2.24, 2.45) is 0 Å². The van der Waals surface area contributed by atoms with Crippen LogP contribution in [0, 0.1) is 0 Å². The van der Waals surface area contributed by atoms with Crippen LogP contribution < -0.4 is 5.32 Å². The van der Waals surface area contributed by atoms with Crippen molar-refractivity contribution in [1.82, 2.24) is 9.62 Å². The highest BCUT2D eigenvalue weighted by atomic mass is 32.2. The third-order valence-corrected chi connectivity index (χ3v) is 11.8. The van der Waals surface area contributed by atoms with Crippen LogP contribution in [-0.2, 0) is 54.4 Å². The lowest BCUT2D eigenvalue weighted by atomic mass is 9.98. The quantitative estimate of drug-likeness (QED) is 0.0987. The summed E-state index contributed by atoms with van der Waals surface area (Å²) in [6, 6.07) is 32.8. The summed E-state index contributed by atoms with van der Waals surface area (Å²) in [6.07, 6.45) is -0.339. The van der Waals surface area contributed by atoms with Crippen LogP contribution in [0.2, 0.25) is 0 Å². The summed E-state index contributed by atoms with van der Waals surface area (Å²) >= 11 is 0. The Hall–Kier alpha value is -6.49. The molecule has 0 saturated carbocycles. The van der Waals surface area contributed by atoms with Gasteiger partial charge in [-0.05, 0) is 98.2 Å². The monoisotopic (exact) mass is 908 g/mol. The van der Waals surface area contributed by atoms with E-state index in [2.05, 4.69) is 17.4 Å². The molecule has 16 heteroatoms. The number of nitrogens with zero attached hydrogens (tertiary/aromatic N) is 1. The fourth-order valence-corrected chi connectivity index (χ4v) is 8.94. The van der Waals surface area contributed by atoms with Gasteiger partial charge in [0.25, 0.3) is 0 Å². The molecular formula is C49H52N2O13S. The summed E-state index contributed by atoms with van der Waals surface area (Å²) in [5.41, 5.74) is 7.02. The molecule has 3 aliphatic rings. The summed E-state index contributed by atoms with van der Waals surface area (Å²) in [7, 11) is -4.44. The number of ether oxygens (including phenoxy) is 5. The van der Waals surface area contributed by atoms with E-state index in [1.807, 2.05) is 84.9 Å². The van der Waals surface area contributed by atoms with Crippen molar-refractivity contribution in [2.45, 2.75) is 83.3 Å². The van der Waals surface area contributed by atoms with Gasteiger partial charge in [-0.2, -0.15) is 12.7 Å². The average molecular weight is 909 g/mol. The summed E-state index contributed by atoms with van der Waals surface area (Å²) in [5, 5.41) is 2.60. The Labute approximate surface area is 378 Å². The first-order valence-corrected chi connectivity index (χ1v) is 22.5. The van der Waals surface area contributed by atoms with Gasteiger partial charge in [-0.25, -0.2) is 19.2 Å². The predicted octanol–water partition coefficient (Wildman–Crippen LogP) is 8.27. The Morgan fingerprint density at radius 3 is 1.62 bits per heavy atom. The number of rotatable bonds is 11. The summed E-state index contributed by atoms with van der Waals surface area (Å²) in [6.45, 7) is 9.86. The highest BCUT2D eigenvalue weighted by Gasteiger charge is 2.49. The zero-order valence-electron chi connectivity index (χ0n) is 37.0. The molecule has 8 rings (SSSR count). The zero-order chi connectivity index (χ0) is 46.5. The molecule has 0 radical (unpaired) electrons. The molecule has 1 saturated heterocycles. The van der Waals surface area contributed by atoms with Crippen LogP contribution in [0.4, 0.5) is 9.59 Å². The lowest BCUT2D eigenvalue weighted by Gasteiger charge is -2.25. The van der Waals surface area contributed by atoms with Crippen LogP contribution in [0.25, 0.3) is 22.3 Å². The number of furan rings is 1. The number of alkyl carbamates (subject to hydrolysis) is 1. The summed E-state index contributed by atoms with van der Waals surface area (Å²) < 4.78 is 62.0. The molecule has 15 nitrogen and oxygen atoms in total. The normalized spacial score (nSPS) is 16.5. The molecule has 5 aromatic rings. The van der Waals surface area contributed by atoms with E-state index in [0.717, 1.165) is 44.5 Å². The fraction of sp³-hybridized carbons (Fsp3) is 0.347. The number of hydrogen-bond donors (Lipinski definition) is 1. The molecule has 2 atom stereocenters. The van der Waals surface area contributed by atoms with E-state index in [1.165, 1.54) is 0 Å². The summed E-state index contributed by atoms with van der Waals surface area (Å²) in [5.74, 6) is -1.18. The molecule has 2 amide bonds. The number of esters is 2. The van der Waals surface area contributed by atoms with Crippen molar-refractivity contribution in [3.8, 4) is 22.3 Å². The number of benzene rings is 4. The van der Waals surface area contributed by atoms with E-state index in [-0.39, 0.29) is 38.3 Å². The van der Waals surface area contributed by atoms with Crippen molar-refractivity contribution in [1.29, 1.82) is 0 Å². The maximum Gasteiger partial charge on any atom is 0.426 e. The first-order valence-electron chi connectivity index (χ1n) is 21.1. The van der Waals surface area contributed by atoms with Crippen molar-refractivity contribution >= 4 is 34.4 Å². The maximum absolute atomic E-state index is 12.8. The number of fused-ring (bicyclic) bond motifs is 6. The maximum atomic E-state index is 12.8. The first kappa shape index (κ1) is 46.5. The Balaban J connectivity index is 0.000000195. The molecule has 1 aliphatic heterocycles. The topological polar surface area (TPSA) is 186 Å². The predicted molar refractivity (Wildman–Crippen MR) is 238 cm³/mol. The first-order chi connectivity index (χ1) is 30.9. The van der Waals surface area contributed by atoms with Gasteiger partial charge in [0.2, 0.25) is 0 Å². The van der Waals surface area contributed by atoms with Crippen LogP contribution >= 0.6 is 0 Å². The van der Waals surface area contributed by atoms with Gasteiger partial charge < -0.3 is 33.4 Å². The second-order valence-electron chi connectivity index (χ2n) is 17.5. The molecule has 65 heavy (non-hydrogen) atoms. The van der Waals surface area contributed by atoms with Gasteiger partial charge in [0.1, 0.15) is 43.4 Å². The molecule has 1 aromatic heterocycles. The smallest absolute Gasteiger partial charge is 0.426 e. The minimum absolute atomic E-state index is 0.0756. The highest BCUT2D eigenvalue weighted by Crippen LogP contribution is 2.46. The largest absolute Gasteiger partial charge is 0.467 e. The number of carbonyl (C=O) groups is 4. The van der Waals surface area contributed by atoms with Gasteiger partial charge in [-0.1, -0.05) is 97.1 Å². The number of amides is 2. The average Bonchev–Trinajstić information content (AvgIpc) is 4.04. The molecule has 4 aromatic carbocycles. The molecule has 0 unspecified atom stereocenters. The molecule has 342 valence electrons. The minimum atomic E-state index is -4.44. The molecule has 2 heterocycles. The zero-order valence-corrected chi connectivity index (χ0v) is 37.8. The van der Waals surface area contributed by atoms with Crippen molar-refractivity contribution in [3.63, 3.8) is 0 Å². The summed E-state index contributed by atoms with van der Waals surface area (Å²) in [4.78, 5) is 50.6. The number of carbonyl (C=O) groups excluding carboxylic acids is 4. The molecule has 1 fully saturated rings. The molecule has 2 aliphatic carbocycles. The number of nitrogens with one attached hydrogen (secondary N) is 1. The Kier molecular flexibility index (Phi) is 13.8. The van der Waals surface area contributed by atoms with Gasteiger partial charge in [-0.15, -0.1) is 0 Å². The SMILES string of the molecule is CC(C)(C)OC(=O)[C@@H]1COS(=O)(=O)N1C(=O)OCC1c2ccccc2-c2ccccc21.CC(C)(C)OC(=O)[C@H](COCc1ccco1)NC(=O)OCC1c2ccccc2-c2ccccc21. The Morgan fingerprint density at radius 1 is 0.677 bits per heavy atom. The molecule has 0 bridgehead atoms. The van der Waals surface area contributed by atoms with E-state index in [9.17, 15) is 27.6 Å². The van der Waals surface area contributed by atoms with Crippen LogP contribution in [0.3, 0.4) is 0 Å². The molecular weight excluding hydrogens is 857 g/mol. The Morgan fingerprint density at radius 2 is 1.15 bits per heavy atom. The van der Waals surface area contributed by atoms with Gasteiger partial charge in [0.05, 0.1) is 12.9 Å². The van der Waals surface area contributed by atoms with Crippen LogP contribution in [0.5, 0.6) is 0 Å². The van der Waals surface area contributed by atoms with E-state index in [0.29, 0.717) is 10.1 Å². The van der Waals surface area contributed by atoms with Gasteiger partial charge in [0, 0.05) is 11.8 Å².